The molecular weight excluding hydrogens is 438 g/mol. The van der Waals surface area contributed by atoms with Gasteiger partial charge in [0.1, 0.15) is 5.82 Å². The fourth-order valence-corrected chi connectivity index (χ4v) is 4.31. The molecule has 0 atom stereocenters. The zero-order valence-corrected chi connectivity index (χ0v) is 18.4. The Balaban J connectivity index is 1.21. The van der Waals surface area contributed by atoms with Gasteiger partial charge < -0.3 is 14.3 Å². The number of aromatic nitrogens is 3. The van der Waals surface area contributed by atoms with Crippen molar-refractivity contribution in [2.75, 3.05) is 5.32 Å². The molecule has 34 heavy (non-hydrogen) atoms. The van der Waals surface area contributed by atoms with Gasteiger partial charge in [-0.1, -0.05) is 12.1 Å². The van der Waals surface area contributed by atoms with Gasteiger partial charge in [0, 0.05) is 49.4 Å². The summed E-state index contributed by atoms with van der Waals surface area (Å²) in [5.74, 6) is 0.330. The lowest BCUT2D eigenvalue weighted by atomic mass is 10.1. The number of carbonyl (C=O) groups excluding carboxylic acids is 1. The number of nitro benzene ring substituents is 1. The lowest BCUT2D eigenvalue weighted by Crippen LogP contribution is -2.17. The highest BCUT2D eigenvalue weighted by atomic mass is 16.6. The quantitative estimate of drug-likeness (QED) is 0.326. The molecule has 0 unspecified atom stereocenters. The van der Waals surface area contributed by atoms with E-state index in [1.165, 1.54) is 29.2 Å². The average molecular weight is 461 g/mol. The van der Waals surface area contributed by atoms with E-state index in [0.29, 0.717) is 17.6 Å². The molecule has 0 aliphatic carbocycles. The summed E-state index contributed by atoms with van der Waals surface area (Å²) in [5, 5.41) is 13.8. The van der Waals surface area contributed by atoms with Crippen LogP contribution >= 0.6 is 0 Å². The average Bonchev–Trinajstić information content (AvgIpc) is 3.39. The number of nitrogens with one attached hydrogen (secondary N) is 1. The summed E-state index contributed by atoms with van der Waals surface area (Å²) in [7, 11) is 0. The first-order valence-electron chi connectivity index (χ1n) is 11.2. The van der Waals surface area contributed by atoms with Crippen LogP contribution in [0.25, 0.3) is 22.4 Å². The Hall–Kier alpha value is -4.21. The van der Waals surface area contributed by atoms with E-state index in [1.807, 2.05) is 24.3 Å². The Labute approximate surface area is 194 Å². The molecule has 1 N–H and O–H groups in total. The maximum Gasteiger partial charge on any atom is 0.419 e. The summed E-state index contributed by atoms with van der Waals surface area (Å²) in [5.41, 5.74) is 3.01. The molecule has 2 aromatic heterocycles. The van der Waals surface area contributed by atoms with E-state index < -0.39 is 10.7 Å². The van der Waals surface area contributed by atoms with Crippen molar-refractivity contribution in [2.24, 2.45) is 0 Å². The molecule has 10 heteroatoms. The summed E-state index contributed by atoms with van der Waals surface area (Å²) in [6.45, 7) is 1.25. The molecule has 1 aliphatic heterocycles. The van der Waals surface area contributed by atoms with Gasteiger partial charge in [0.2, 0.25) is 5.91 Å². The SMILES string of the molecule is O=C(CCCn1c(=O)oc2cc([N+](=O)[O-])ccc21)Nc1cccc(-c2cn3c(n2)CCCC3)c1. The van der Waals surface area contributed by atoms with Gasteiger partial charge in [0.25, 0.3) is 5.69 Å². The first kappa shape index (κ1) is 21.6. The van der Waals surface area contributed by atoms with Gasteiger partial charge >= 0.3 is 5.76 Å². The number of benzene rings is 2. The van der Waals surface area contributed by atoms with Crippen molar-refractivity contribution in [1.82, 2.24) is 14.1 Å². The van der Waals surface area contributed by atoms with Crippen LogP contribution < -0.4 is 11.1 Å². The molecule has 0 fully saturated rings. The van der Waals surface area contributed by atoms with Crippen molar-refractivity contribution < 1.29 is 14.1 Å². The van der Waals surface area contributed by atoms with Gasteiger partial charge in [-0.15, -0.1) is 0 Å². The Morgan fingerprint density at radius 3 is 2.91 bits per heavy atom. The minimum atomic E-state index is -0.605. The number of carbonyl (C=O) groups is 1. The maximum absolute atomic E-state index is 12.5. The lowest BCUT2D eigenvalue weighted by molar-refractivity contribution is -0.384. The number of aryl methyl sites for hydroxylation is 3. The monoisotopic (exact) mass is 461 g/mol. The number of rotatable bonds is 7. The summed E-state index contributed by atoms with van der Waals surface area (Å²) >= 11 is 0. The summed E-state index contributed by atoms with van der Waals surface area (Å²) in [6, 6.07) is 11.6. The highest BCUT2D eigenvalue weighted by Gasteiger charge is 2.15. The van der Waals surface area contributed by atoms with Crippen LogP contribution in [-0.2, 0) is 24.3 Å². The number of nitro groups is 1. The van der Waals surface area contributed by atoms with Crippen LogP contribution in [0.15, 0.2) is 57.9 Å². The standard InChI is InChI=1S/C24H23N5O5/c30-23(8-4-12-28-20-10-9-18(29(32)33)14-21(20)34-24(28)31)25-17-6-3-5-16(13-17)19-15-27-11-2-1-7-22(27)26-19/h3,5-6,9-10,13-15H,1-2,4,7-8,11-12H2,(H,25,30). The lowest BCUT2D eigenvalue weighted by Gasteiger charge is -2.11. The van der Waals surface area contributed by atoms with Crippen LogP contribution in [0.4, 0.5) is 11.4 Å². The van der Waals surface area contributed by atoms with Gasteiger partial charge in [-0.2, -0.15) is 0 Å². The second kappa shape index (κ2) is 8.97. The zero-order chi connectivity index (χ0) is 23.7. The van der Waals surface area contributed by atoms with Crippen molar-refractivity contribution in [3.05, 3.63) is 75.2 Å². The van der Waals surface area contributed by atoms with Crippen molar-refractivity contribution in [3.63, 3.8) is 0 Å². The van der Waals surface area contributed by atoms with E-state index in [0.717, 1.165) is 36.5 Å². The number of imidazole rings is 1. The normalized spacial score (nSPS) is 13.1. The van der Waals surface area contributed by atoms with Crippen LogP contribution in [0.5, 0.6) is 0 Å². The number of fused-ring (bicyclic) bond motifs is 2. The number of amides is 1. The zero-order valence-electron chi connectivity index (χ0n) is 18.4. The molecular formula is C24H23N5O5. The second-order valence-electron chi connectivity index (χ2n) is 8.35. The van der Waals surface area contributed by atoms with Gasteiger partial charge in [-0.25, -0.2) is 9.78 Å². The number of hydrogen-bond donors (Lipinski definition) is 1. The van der Waals surface area contributed by atoms with Crippen molar-refractivity contribution in [1.29, 1.82) is 0 Å². The Kier molecular flexibility index (Phi) is 5.70. The van der Waals surface area contributed by atoms with Crippen molar-refractivity contribution in [3.8, 4) is 11.3 Å². The highest BCUT2D eigenvalue weighted by molar-refractivity contribution is 5.91. The Bertz CT molecular complexity index is 1420. The predicted octanol–water partition coefficient (Wildman–Crippen LogP) is 4.12. The highest BCUT2D eigenvalue weighted by Crippen LogP contribution is 2.25. The molecule has 174 valence electrons. The van der Waals surface area contributed by atoms with E-state index in [4.69, 9.17) is 9.40 Å². The fourth-order valence-electron chi connectivity index (χ4n) is 4.31. The molecule has 1 amide bonds. The summed E-state index contributed by atoms with van der Waals surface area (Å²) in [4.78, 5) is 39.8. The fraction of sp³-hybridized carbons (Fsp3) is 0.292. The number of non-ortho nitro benzene ring substituents is 1. The Morgan fingerprint density at radius 1 is 1.21 bits per heavy atom. The molecule has 0 radical (unpaired) electrons. The number of anilines is 1. The first-order chi connectivity index (χ1) is 16.5. The molecule has 0 spiro atoms. The topological polar surface area (TPSA) is 125 Å². The third kappa shape index (κ3) is 4.34. The molecule has 4 aromatic rings. The van der Waals surface area contributed by atoms with Gasteiger partial charge in [0.05, 0.1) is 22.2 Å². The number of hydrogen-bond acceptors (Lipinski definition) is 6. The molecule has 5 rings (SSSR count). The smallest absolute Gasteiger partial charge is 0.407 e. The van der Waals surface area contributed by atoms with Crippen LogP contribution in [0.3, 0.4) is 0 Å². The van der Waals surface area contributed by atoms with Gasteiger partial charge in [-0.3, -0.25) is 19.5 Å². The van der Waals surface area contributed by atoms with Gasteiger partial charge in [0.15, 0.2) is 5.58 Å². The molecule has 0 saturated carbocycles. The molecule has 1 aliphatic rings. The third-order valence-electron chi connectivity index (χ3n) is 6.00. The van der Waals surface area contributed by atoms with E-state index in [1.54, 1.807) is 0 Å². The summed E-state index contributed by atoms with van der Waals surface area (Å²) in [6.07, 6.45) is 5.99. The molecule has 0 saturated heterocycles. The van der Waals surface area contributed by atoms with Crippen molar-refractivity contribution >= 4 is 28.4 Å². The molecule has 0 bridgehead atoms. The largest absolute Gasteiger partial charge is 0.419 e. The van der Waals surface area contributed by atoms with Crippen LogP contribution in [0.1, 0.15) is 31.5 Å². The molecule has 2 aromatic carbocycles. The number of nitrogens with zero attached hydrogens (tertiary/aromatic N) is 4. The molecule has 10 nitrogen and oxygen atoms in total. The third-order valence-corrected chi connectivity index (χ3v) is 6.00. The maximum atomic E-state index is 12.5. The van der Waals surface area contributed by atoms with E-state index in [9.17, 15) is 19.7 Å². The minimum absolute atomic E-state index is 0.147. The predicted molar refractivity (Wildman–Crippen MR) is 126 cm³/mol. The molecule has 3 heterocycles. The first-order valence-corrected chi connectivity index (χ1v) is 11.2. The van der Waals surface area contributed by atoms with Crippen LogP contribution in [0, 0.1) is 10.1 Å². The van der Waals surface area contributed by atoms with Crippen LogP contribution in [0.2, 0.25) is 0 Å². The van der Waals surface area contributed by atoms with E-state index in [2.05, 4.69) is 16.1 Å². The minimum Gasteiger partial charge on any atom is -0.407 e. The second-order valence-corrected chi connectivity index (χ2v) is 8.35. The van der Waals surface area contributed by atoms with Gasteiger partial charge in [-0.05, 0) is 37.5 Å². The van der Waals surface area contributed by atoms with Crippen molar-refractivity contribution in [2.45, 2.75) is 45.2 Å². The van der Waals surface area contributed by atoms with E-state index >= 15 is 0 Å². The van der Waals surface area contributed by atoms with E-state index in [-0.39, 0.29) is 30.1 Å². The number of oxazole rings is 1. The Morgan fingerprint density at radius 2 is 2.09 bits per heavy atom. The summed E-state index contributed by atoms with van der Waals surface area (Å²) < 4.78 is 8.70. The van der Waals surface area contributed by atoms with Crippen LogP contribution in [-0.4, -0.2) is 24.9 Å².